The van der Waals surface area contributed by atoms with Crippen LogP contribution in [0, 0.1) is 5.82 Å². The van der Waals surface area contributed by atoms with E-state index in [4.69, 9.17) is 4.74 Å². The molecule has 0 aliphatic carbocycles. The van der Waals surface area contributed by atoms with Gasteiger partial charge in [-0.1, -0.05) is 36.4 Å². The summed E-state index contributed by atoms with van der Waals surface area (Å²) in [6, 6.07) is 12.0. The molecule has 1 amide bonds. The molecule has 1 heterocycles. The van der Waals surface area contributed by atoms with E-state index in [1.807, 2.05) is 30.3 Å². The van der Waals surface area contributed by atoms with E-state index < -0.39 is 17.9 Å². The highest BCUT2D eigenvalue weighted by molar-refractivity contribution is 5.90. The van der Waals surface area contributed by atoms with Crippen LogP contribution >= 0.6 is 0 Å². The van der Waals surface area contributed by atoms with Crippen LogP contribution in [-0.4, -0.2) is 28.6 Å². The van der Waals surface area contributed by atoms with Gasteiger partial charge in [-0.2, -0.15) is 0 Å². The number of nitrogens with zero attached hydrogens (tertiary/aromatic N) is 1. The molecule has 0 spiro atoms. The molecule has 0 saturated carbocycles. The Kier molecular flexibility index (Phi) is 4.46. The quantitative estimate of drug-likeness (QED) is 0.939. The summed E-state index contributed by atoms with van der Waals surface area (Å²) in [6.45, 7) is 0.575. The molecule has 0 unspecified atom stereocenters. The second-order valence-electron chi connectivity index (χ2n) is 5.58. The highest BCUT2D eigenvalue weighted by atomic mass is 19.1. The van der Waals surface area contributed by atoms with Gasteiger partial charge in [0.2, 0.25) is 0 Å². The van der Waals surface area contributed by atoms with E-state index in [1.54, 1.807) is 6.07 Å². The van der Waals surface area contributed by atoms with Crippen LogP contribution in [0.5, 0.6) is 0 Å². The van der Waals surface area contributed by atoms with Gasteiger partial charge >= 0.3 is 12.1 Å². The van der Waals surface area contributed by atoms with Gasteiger partial charge in [0.25, 0.3) is 0 Å². The predicted molar refractivity (Wildman–Crippen MR) is 84.1 cm³/mol. The fourth-order valence-electron chi connectivity index (χ4n) is 2.80. The average Bonchev–Trinajstić information content (AvgIpc) is 2.59. The number of benzene rings is 2. The van der Waals surface area contributed by atoms with Crippen LogP contribution in [0.25, 0.3) is 0 Å². The van der Waals surface area contributed by atoms with Gasteiger partial charge in [0.1, 0.15) is 18.0 Å². The van der Waals surface area contributed by atoms with E-state index in [0.717, 1.165) is 17.2 Å². The molecule has 0 atom stereocenters. The number of hydrogen-bond donors (Lipinski definition) is 1. The van der Waals surface area contributed by atoms with Crippen molar-refractivity contribution in [2.45, 2.75) is 19.6 Å². The molecule has 1 aliphatic rings. The fraction of sp³-hybridized carbons (Fsp3) is 0.222. The minimum Gasteiger partial charge on any atom is -0.478 e. The monoisotopic (exact) mass is 329 g/mol. The minimum absolute atomic E-state index is 0.0301. The van der Waals surface area contributed by atoms with Crippen LogP contribution in [0.15, 0.2) is 42.5 Å². The molecule has 0 aromatic heterocycles. The van der Waals surface area contributed by atoms with Gasteiger partial charge in [-0.05, 0) is 29.2 Å². The molecule has 1 N–H and O–H groups in total. The van der Waals surface area contributed by atoms with Crippen LogP contribution in [0.3, 0.4) is 0 Å². The second kappa shape index (κ2) is 6.70. The maximum absolute atomic E-state index is 13.8. The zero-order valence-electron chi connectivity index (χ0n) is 12.9. The Balaban J connectivity index is 1.73. The van der Waals surface area contributed by atoms with Gasteiger partial charge in [-0.15, -0.1) is 0 Å². The van der Waals surface area contributed by atoms with Gasteiger partial charge in [-0.25, -0.2) is 14.0 Å². The average molecular weight is 329 g/mol. The van der Waals surface area contributed by atoms with Crippen molar-refractivity contribution in [3.05, 3.63) is 70.5 Å². The molecule has 5 nitrogen and oxygen atoms in total. The minimum atomic E-state index is -1.33. The highest BCUT2D eigenvalue weighted by Crippen LogP contribution is 2.25. The lowest BCUT2D eigenvalue weighted by atomic mass is 9.94. The van der Waals surface area contributed by atoms with Crippen LogP contribution in [0.4, 0.5) is 9.18 Å². The molecule has 0 radical (unpaired) electrons. The molecular formula is C18H16FNO4. The van der Waals surface area contributed by atoms with Crippen LogP contribution < -0.4 is 0 Å². The standard InChI is InChI=1S/C18H16FNO4/c19-15-7-6-13-8-9-20(10-14(13)16(15)17(21)22)18(23)24-11-12-4-2-1-3-5-12/h1-7H,8-11H2,(H,21,22). The summed E-state index contributed by atoms with van der Waals surface area (Å²) < 4.78 is 19.1. The van der Waals surface area contributed by atoms with Crippen molar-refractivity contribution in [1.82, 2.24) is 4.90 Å². The Morgan fingerprint density at radius 2 is 1.92 bits per heavy atom. The summed E-state index contributed by atoms with van der Waals surface area (Å²) in [5.74, 6) is -2.12. The number of fused-ring (bicyclic) bond motifs is 1. The number of carbonyl (C=O) groups is 2. The van der Waals surface area contributed by atoms with Crippen molar-refractivity contribution in [1.29, 1.82) is 0 Å². The normalized spacial score (nSPS) is 13.3. The van der Waals surface area contributed by atoms with E-state index in [2.05, 4.69) is 0 Å². The molecule has 1 aliphatic heterocycles. The van der Waals surface area contributed by atoms with E-state index in [1.165, 1.54) is 4.90 Å². The molecule has 0 saturated heterocycles. The Bertz CT molecular complexity index is 776. The van der Waals surface area contributed by atoms with E-state index in [-0.39, 0.29) is 18.7 Å². The number of carboxylic acids is 1. The van der Waals surface area contributed by atoms with E-state index in [0.29, 0.717) is 18.5 Å². The number of aromatic carboxylic acids is 1. The van der Waals surface area contributed by atoms with Crippen molar-refractivity contribution in [2.75, 3.05) is 6.54 Å². The number of hydrogen-bond acceptors (Lipinski definition) is 3. The Labute approximate surface area is 138 Å². The van der Waals surface area contributed by atoms with Crippen LogP contribution in [0.2, 0.25) is 0 Å². The number of carboxylic acid groups (broad SMARTS) is 1. The lowest BCUT2D eigenvalue weighted by molar-refractivity contribution is 0.0682. The smallest absolute Gasteiger partial charge is 0.410 e. The topological polar surface area (TPSA) is 66.8 Å². The first-order valence-corrected chi connectivity index (χ1v) is 7.55. The first-order valence-electron chi connectivity index (χ1n) is 7.55. The maximum atomic E-state index is 13.8. The SMILES string of the molecule is O=C(O)c1c(F)ccc2c1CN(C(=O)OCc1ccccc1)CC2. The zero-order valence-corrected chi connectivity index (χ0v) is 12.9. The largest absolute Gasteiger partial charge is 0.478 e. The Hall–Kier alpha value is -2.89. The Morgan fingerprint density at radius 3 is 2.62 bits per heavy atom. The third-order valence-electron chi connectivity index (χ3n) is 4.04. The summed E-state index contributed by atoms with van der Waals surface area (Å²) in [5.41, 5.74) is 1.58. The number of halogens is 1. The van der Waals surface area contributed by atoms with Crippen molar-refractivity contribution in [2.24, 2.45) is 0 Å². The van der Waals surface area contributed by atoms with E-state index >= 15 is 0 Å². The Morgan fingerprint density at radius 1 is 1.17 bits per heavy atom. The lowest BCUT2D eigenvalue weighted by Gasteiger charge is -2.29. The number of ether oxygens (including phenoxy) is 1. The predicted octanol–water partition coefficient (Wildman–Crippen LogP) is 3.22. The van der Waals surface area contributed by atoms with Gasteiger partial charge in [0.15, 0.2) is 0 Å². The molecule has 2 aromatic carbocycles. The number of rotatable bonds is 3. The first kappa shape index (κ1) is 16.0. The third kappa shape index (κ3) is 3.22. The van der Waals surface area contributed by atoms with Crippen LogP contribution in [0.1, 0.15) is 27.0 Å². The van der Waals surface area contributed by atoms with Gasteiger partial charge in [0, 0.05) is 6.54 Å². The van der Waals surface area contributed by atoms with Gasteiger partial charge < -0.3 is 14.7 Å². The lowest BCUT2D eigenvalue weighted by Crippen LogP contribution is -2.37. The molecule has 2 aromatic rings. The summed E-state index contributed by atoms with van der Waals surface area (Å²) in [7, 11) is 0. The molecule has 24 heavy (non-hydrogen) atoms. The summed E-state index contributed by atoms with van der Waals surface area (Å²) in [6.07, 6.45) is -0.0684. The fourth-order valence-corrected chi connectivity index (χ4v) is 2.80. The molecule has 124 valence electrons. The first-order chi connectivity index (χ1) is 11.6. The van der Waals surface area contributed by atoms with E-state index in [9.17, 15) is 19.1 Å². The summed E-state index contributed by atoms with van der Waals surface area (Å²) >= 11 is 0. The van der Waals surface area contributed by atoms with Crippen molar-refractivity contribution >= 4 is 12.1 Å². The molecule has 0 bridgehead atoms. The molecular weight excluding hydrogens is 313 g/mol. The molecule has 3 rings (SSSR count). The summed E-state index contributed by atoms with van der Waals surface area (Å²) in [4.78, 5) is 24.9. The van der Waals surface area contributed by atoms with Gasteiger partial charge in [0.05, 0.1) is 6.54 Å². The van der Waals surface area contributed by atoms with Gasteiger partial charge in [-0.3, -0.25) is 0 Å². The summed E-state index contributed by atoms with van der Waals surface area (Å²) in [5, 5.41) is 9.22. The zero-order chi connectivity index (χ0) is 17.1. The van der Waals surface area contributed by atoms with Crippen molar-refractivity contribution < 1.29 is 23.8 Å². The molecule has 6 heteroatoms. The van der Waals surface area contributed by atoms with Crippen molar-refractivity contribution in [3.8, 4) is 0 Å². The number of amides is 1. The maximum Gasteiger partial charge on any atom is 0.410 e. The van der Waals surface area contributed by atoms with Crippen LogP contribution in [-0.2, 0) is 24.3 Å². The van der Waals surface area contributed by atoms with Crippen molar-refractivity contribution in [3.63, 3.8) is 0 Å². The highest BCUT2D eigenvalue weighted by Gasteiger charge is 2.27. The third-order valence-corrected chi connectivity index (χ3v) is 4.04. The molecule has 0 fully saturated rings. The number of carbonyl (C=O) groups excluding carboxylic acids is 1. The second-order valence-corrected chi connectivity index (χ2v) is 5.58.